The molecule has 1 aliphatic carbocycles. The summed E-state index contributed by atoms with van der Waals surface area (Å²) in [5.74, 6) is 1.37. The maximum absolute atomic E-state index is 11.7. The van der Waals surface area contributed by atoms with Gasteiger partial charge in [0, 0.05) is 23.8 Å². The van der Waals surface area contributed by atoms with Crippen LogP contribution in [-0.2, 0) is 16.4 Å². The Labute approximate surface area is 127 Å². The van der Waals surface area contributed by atoms with Crippen LogP contribution in [0.15, 0.2) is 0 Å². The minimum atomic E-state index is -2.87. The summed E-state index contributed by atoms with van der Waals surface area (Å²) in [6.45, 7) is 7.17. The Morgan fingerprint density at radius 2 is 2.14 bits per heavy atom. The molecule has 0 radical (unpaired) electrons. The van der Waals surface area contributed by atoms with Gasteiger partial charge in [0.2, 0.25) is 0 Å². The van der Waals surface area contributed by atoms with Crippen molar-refractivity contribution < 1.29 is 8.42 Å². The van der Waals surface area contributed by atoms with Gasteiger partial charge in [-0.05, 0) is 32.6 Å². The van der Waals surface area contributed by atoms with Crippen LogP contribution >= 0.6 is 0 Å². The van der Waals surface area contributed by atoms with E-state index in [2.05, 4.69) is 24.3 Å². The van der Waals surface area contributed by atoms with E-state index >= 15 is 0 Å². The van der Waals surface area contributed by atoms with Crippen LogP contribution in [-0.4, -0.2) is 35.7 Å². The molecule has 1 aromatic heterocycles. The lowest BCUT2D eigenvalue weighted by Crippen LogP contribution is -2.19. The molecule has 1 saturated carbocycles. The molecule has 5 nitrogen and oxygen atoms in total. The second-order valence-corrected chi connectivity index (χ2v) is 8.77. The molecule has 2 heterocycles. The molecular weight excluding hydrogens is 286 g/mol. The number of aryl methyl sites for hydroxylation is 1. The largest absolute Gasteiger partial charge is 0.309 e. The van der Waals surface area contributed by atoms with Crippen molar-refractivity contribution in [3.8, 4) is 0 Å². The fraction of sp³-hybridized carbons (Fsp3) is 0.800. The van der Waals surface area contributed by atoms with E-state index in [0.717, 1.165) is 23.9 Å². The Morgan fingerprint density at radius 1 is 1.38 bits per heavy atom. The molecule has 118 valence electrons. The Kier molecular flexibility index (Phi) is 3.86. The van der Waals surface area contributed by atoms with Crippen molar-refractivity contribution in [3.63, 3.8) is 0 Å². The summed E-state index contributed by atoms with van der Waals surface area (Å²) in [6.07, 6.45) is 3.22. The third-order valence-electron chi connectivity index (χ3n) is 5.02. The van der Waals surface area contributed by atoms with Crippen LogP contribution in [0.5, 0.6) is 0 Å². The fourth-order valence-corrected chi connectivity index (χ4v) is 5.15. The van der Waals surface area contributed by atoms with Gasteiger partial charge in [-0.1, -0.05) is 13.3 Å². The average molecular weight is 311 g/mol. The summed E-state index contributed by atoms with van der Waals surface area (Å²) in [5.41, 5.74) is 3.38. The highest BCUT2D eigenvalue weighted by Crippen LogP contribution is 2.34. The minimum absolute atomic E-state index is 0.0202. The van der Waals surface area contributed by atoms with E-state index in [1.54, 1.807) is 0 Å². The van der Waals surface area contributed by atoms with Gasteiger partial charge in [-0.25, -0.2) is 8.42 Å². The Bertz CT molecular complexity index is 636. The number of sulfone groups is 1. The predicted octanol–water partition coefficient (Wildman–Crippen LogP) is 1.75. The average Bonchev–Trinajstić information content (AvgIpc) is 3.01. The molecule has 2 fully saturated rings. The van der Waals surface area contributed by atoms with Crippen molar-refractivity contribution in [1.29, 1.82) is 0 Å². The van der Waals surface area contributed by atoms with E-state index in [0.29, 0.717) is 18.2 Å². The second kappa shape index (κ2) is 5.39. The van der Waals surface area contributed by atoms with Gasteiger partial charge in [-0.2, -0.15) is 5.10 Å². The first kappa shape index (κ1) is 15.0. The molecule has 1 saturated heterocycles. The third kappa shape index (κ3) is 3.01. The van der Waals surface area contributed by atoms with Crippen molar-refractivity contribution in [2.75, 3.05) is 11.5 Å². The quantitative estimate of drug-likeness (QED) is 0.900. The maximum atomic E-state index is 11.7. The minimum Gasteiger partial charge on any atom is -0.309 e. The van der Waals surface area contributed by atoms with Crippen molar-refractivity contribution in [2.24, 2.45) is 5.92 Å². The standard InChI is InChI=1S/C15H25N3O2S/c1-4-12-7-15(12)16-8-14-10(2)17-18(11(14)3)13-5-6-21(19,20)9-13/h12-13,15-16H,4-9H2,1-3H3. The van der Waals surface area contributed by atoms with Crippen molar-refractivity contribution in [2.45, 2.75) is 58.7 Å². The van der Waals surface area contributed by atoms with Gasteiger partial charge >= 0.3 is 0 Å². The summed E-state index contributed by atoms with van der Waals surface area (Å²) in [6, 6.07) is 0.677. The number of hydrogen-bond donors (Lipinski definition) is 1. The van der Waals surface area contributed by atoms with E-state index in [1.165, 1.54) is 18.4 Å². The first-order valence-corrected chi connectivity index (χ1v) is 9.71. The molecule has 3 rings (SSSR count). The zero-order chi connectivity index (χ0) is 15.2. The molecule has 0 spiro atoms. The van der Waals surface area contributed by atoms with Gasteiger partial charge in [-0.3, -0.25) is 4.68 Å². The van der Waals surface area contributed by atoms with Crippen LogP contribution in [0.4, 0.5) is 0 Å². The molecule has 1 aliphatic heterocycles. The van der Waals surface area contributed by atoms with E-state index < -0.39 is 9.84 Å². The summed E-state index contributed by atoms with van der Waals surface area (Å²) >= 11 is 0. The van der Waals surface area contributed by atoms with Crippen LogP contribution in [0.25, 0.3) is 0 Å². The molecule has 3 unspecified atom stereocenters. The lowest BCUT2D eigenvalue weighted by molar-refractivity contribution is 0.485. The molecule has 2 aliphatic rings. The highest BCUT2D eigenvalue weighted by atomic mass is 32.2. The Hall–Kier alpha value is -0.880. The Balaban J connectivity index is 1.71. The third-order valence-corrected chi connectivity index (χ3v) is 6.77. The summed E-state index contributed by atoms with van der Waals surface area (Å²) < 4.78 is 25.3. The molecule has 0 aromatic carbocycles. The molecule has 0 amide bonds. The van der Waals surface area contributed by atoms with E-state index in [4.69, 9.17) is 0 Å². The highest BCUT2D eigenvalue weighted by Gasteiger charge is 2.35. The number of nitrogens with zero attached hydrogens (tertiary/aromatic N) is 2. The van der Waals surface area contributed by atoms with Gasteiger partial charge in [0.25, 0.3) is 0 Å². The molecule has 21 heavy (non-hydrogen) atoms. The van der Waals surface area contributed by atoms with E-state index in [-0.39, 0.29) is 11.8 Å². The Morgan fingerprint density at radius 3 is 2.71 bits per heavy atom. The van der Waals surface area contributed by atoms with Crippen LogP contribution in [0.1, 0.15) is 49.2 Å². The van der Waals surface area contributed by atoms with Gasteiger partial charge in [0.1, 0.15) is 0 Å². The van der Waals surface area contributed by atoms with Crippen LogP contribution in [0.2, 0.25) is 0 Å². The fourth-order valence-electron chi connectivity index (χ4n) is 3.46. The highest BCUT2D eigenvalue weighted by molar-refractivity contribution is 7.91. The van der Waals surface area contributed by atoms with Crippen molar-refractivity contribution in [3.05, 3.63) is 17.0 Å². The summed E-state index contributed by atoms with van der Waals surface area (Å²) in [4.78, 5) is 0. The van der Waals surface area contributed by atoms with E-state index in [9.17, 15) is 8.42 Å². The van der Waals surface area contributed by atoms with Gasteiger partial charge < -0.3 is 5.32 Å². The van der Waals surface area contributed by atoms with Gasteiger partial charge in [0.05, 0.1) is 23.2 Å². The van der Waals surface area contributed by atoms with E-state index in [1.807, 2.05) is 11.6 Å². The van der Waals surface area contributed by atoms with Crippen molar-refractivity contribution in [1.82, 2.24) is 15.1 Å². The first-order valence-electron chi connectivity index (χ1n) is 7.89. The van der Waals surface area contributed by atoms with Gasteiger partial charge in [0.15, 0.2) is 9.84 Å². The predicted molar refractivity (Wildman–Crippen MR) is 83.0 cm³/mol. The van der Waals surface area contributed by atoms with Crippen LogP contribution in [0, 0.1) is 19.8 Å². The summed E-state index contributed by atoms with van der Waals surface area (Å²) in [5, 5.41) is 8.21. The normalized spacial score (nSPS) is 30.7. The topological polar surface area (TPSA) is 64.0 Å². The molecular formula is C15H25N3O2S. The SMILES string of the molecule is CCC1CC1NCc1c(C)nn(C2CCS(=O)(=O)C2)c1C. The summed E-state index contributed by atoms with van der Waals surface area (Å²) in [7, 11) is -2.87. The monoisotopic (exact) mass is 311 g/mol. The maximum Gasteiger partial charge on any atom is 0.152 e. The zero-order valence-corrected chi connectivity index (χ0v) is 13.9. The molecule has 1 aromatic rings. The first-order chi connectivity index (χ1) is 9.91. The number of rotatable bonds is 5. The zero-order valence-electron chi connectivity index (χ0n) is 13.1. The van der Waals surface area contributed by atoms with Gasteiger partial charge in [-0.15, -0.1) is 0 Å². The van der Waals surface area contributed by atoms with Crippen LogP contribution < -0.4 is 5.32 Å². The lowest BCUT2D eigenvalue weighted by atomic mass is 10.2. The molecule has 0 bridgehead atoms. The molecule has 6 heteroatoms. The molecule has 1 N–H and O–H groups in total. The lowest BCUT2D eigenvalue weighted by Gasteiger charge is -2.11. The van der Waals surface area contributed by atoms with Crippen LogP contribution in [0.3, 0.4) is 0 Å². The van der Waals surface area contributed by atoms with Crippen molar-refractivity contribution >= 4 is 9.84 Å². The number of nitrogens with one attached hydrogen (secondary N) is 1. The second-order valence-electron chi connectivity index (χ2n) is 6.54. The number of hydrogen-bond acceptors (Lipinski definition) is 4. The number of aromatic nitrogens is 2. The smallest absolute Gasteiger partial charge is 0.152 e. The molecule has 3 atom stereocenters.